The number of nitrogens with zero attached hydrogens (tertiary/aromatic N) is 2. The standard InChI is InChI=1S/C11H17N3O/c1-2-8(1)7-10-13-11(15-14-10)5-6-12-9-3-4-9/h8-9,12H,1-7H2. The quantitative estimate of drug-likeness (QED) is 0.764. The molecule has 0 bridgehead atoms. The van der Waals surface area contributed by atoms with E-state index in [9.17, 15) is 0 Å². The minimum atomic E-state index is 0.763. The van der Waals surface area contributed by atoms with Crippen molar-refractivity contribution in [1.82, 2.24) is 15.5 Å². The Morgan fingerprint density at radius 3 is 2.87 bits per heavy atom. The largest absolute Gasteiger partial charge is 0.339 e. The molecule has 3 rings (SSSR count). The van der Waals surface area contributed by atoms with Crippen LogP contribution in [-0.4, -0.2) is 22.7 Å². The lowest BCUT2D eigenvalue weighted by molar-refractivity contribution is 0.370. The van der Waals surface area contributed by atoms with Crippen LogP contribution in [-0.2, 0) is 12.8 Å². The van der Waals surface area contributed by atoms with E-state index in [0.29, 0.717) is 0 Å². The summed E-state index contributed by atoms with van der Waals surface area (Å²) in [6, 6.07) is 0.763. The fourth-order valence-electron chi connectivity index (χ4n) is 1.73. The van der Waals surface area contributed by atoms with E-state index in [2.05, 4.69) is 15.5 Å². The van der Waals surface area contributed by atoms with Crippen LogP contribution in [0.15, 0.2) is 4.52 Å². The van der Waals surface area contributed by atoms with Gasteiger partial charge in [-0.1, -0.05) is 5.16 Å². The maximum Gasteiger partial charge on any atom is 0.227 e. The summed E-state index contributed by atoms with van der Waals surface area (Å²) in [4.78, 5) is 4.39. The summed E-state index contributed by atoms with van der Waals surface area (Å²) in [7, 11) is 0. The molecular weight excluding hydrogens is 190 g/mol. The van der Waals surface area contributed by atoms with Gasteiger partial charge in [0.15, 0.2) is 5.82 Å². The second-order valence-corrected chi connectivity index (χ2v) is 4.73. The van der Waals surface area contributed by atoms with Crippen molar-refractivity contribution in [2.45, 2.75) is 44.6 Å². The lowest BCUT2D eigenvalue weighted by Crippen LogP contribution is -2.19. The van der Waals surface area contributed by atoms with Crippen molar-refractivity contribution in [3.05, 3.63) is 11.7 Å². The number of aromatic nitrogens is 2. The van der Waals surface area contributed by atoms with Crippen LogP contribution in [0, 0.1) is 5.92 Å². The Hall–Kier alpha value is -0.900. The van der Waals surface area contributed by atoms with Gasteiger partial charge in [0.1, 0.15) is 0 Å². The topological polar surface area (TPSA) is 51.0 Å². The fourth-order valence-corrected chi connectivity index (χ4v) is 1.73. The number of rotatable bonds is 6. The zero-order valence-electron chi connectivity index (χ0n) is 8.91. The summed E-state index contributed by atoms with van der Waals surface area (Å²) in [5, 5.41) is 7.44. The molecule has 4 nitrogen and oxygen atoms in total. The molecule has 2 aliphatic carbocycles. The van der Waals surface area contributed by atoms with Crippen LogP contribution in [0.5, 0.6) is 0 Å². The van der Waals surface area contributed by atoms with Gasteiger partial charge in [0, 0.05) is 25.4 Å². The van der Waals surface area contributed by atoms with E-state index in [-0.39, 0.29) is 0 Å². The maximum atomic E-state index is 5.19. The number of hydrogen-bond donors (Lipinski definition) is 1. The molecule has 1 aromatic heterocycles. The zero-order chi connectivity index (χ0) is 10.1. The van der Waals surface area contributed by atoms with Crippen molar-refractivity contribution in [3.8, 4) is 0 Å². The summed E-state index contributed by atoms with van der Waals surface area (Å²) in [6.07, 6.45) is 7.22. The lowest BCUT2D eigenvalue weighted by Gasteiger charge is -1.97. The fraction of sp³-hybridized carbons (Fsp3) is 0.818. The molecule has 0 spiro atoms. The monoisotopic (exact) mass is 207 g/mol. The maximum absolute atomic E-state index is 5.19. The molecule has 0 saturated heterocycles. The third kappa shape index (κ3) is 2.78. The Balaban J connectivity index is 1.44. The van der Waals surface area contributed by atoms with Crippen molar-refractivity contribution in [2.75, 3.05) is 6.54 Å². The van der Waals surface area contributed by atoms with Gasteiger partial charge >= 0.3 is 0 Å². The van der Waals surface area contributed by atoms with E-state index in [4.69, 9.17) is 4.52 Å². The van der Waals surface area contributed by atoms with Crippen LogP contribution in [0.3, 0.4) is 0 Å². The highest BCUT2D eigenvalue weighted by atomic mass is 16.5. The zero-order valence-corrected chi connectivity index (χ0v) is 8.91. The van der Waals surface area contributed by atoms with Crippen LogP contribution in [0.2, 0.25) is 0 Å². The second kappa shape index (κ2) is 3.93. The Labute approximate surface area is 89.4 Å². The molecule has 4 heteroatoms. The molecule has 0 atom stereocenters. The highest BCUT2D eigenvalue weighted by Crippen LogP contribution is 2.31. The summed E-state index contributed by atoms with van der Waals surface area (Å²) in [6.45, 7) is 0.968. The molecule has 1 aromatic rings. The Morgan fingerprint density at radius 2 is 2.13 bits per heavy atom. The molecule has 82 valence electrons. The van der Waals surface area contributed by atoms with Gasteiger partial charge in [-0.3, -0.25) is 0 Å². The van der Waals surface area contributed by atoms with Gasteiger partial charge in [0.25, 0.3) is 0 Å². The highest BCUT2D eigenvalue weighted by molar-refractivity contribution is 4.92. The number of nitrogens with one attached hydrogen (secondary N) is 1. The van der Waals surface area contributed by atoms with Gasteiger partial charge in [-0.05, 0) is 31.6 Å². The van der Waals surface area contributed by atoms with Crippen LogP contribution in [0.4, 0.5) is 0 Å². The Morgan fingerprint density at radius 1 is 1.27 bits per heavy atom. The molecule has 15 heavy (non-hydrogen) atoms. The van der Waals surface area contributed by atoms with E-state index >= 15 is 0 Å². The smallest absolute Gasteiger partial charge is 0.227 e. The molecule has 0 aromatic carbocycles. The van der Waals surface area contributed by atoms with Crippen molar-refractivity contribution in [1.29, 1.82) is 0 Å². The van der Waals surface area contributed by atoms with Gasteiger partial charge in [0.05, 0.1) is 0 Å². The minimum absolute atomic E-state index is 0.763. The number of hydrogen-bond acceptors (Lipinski definition) is 4. The molecule has 0 aliphatic heterocycles. The van der Waals surface area contributed by atoms with Crippen molar-refractivity contribution in [2.24, 2.45) is 5.92 Å². The first-order valence-electron chi connectivity index (χ1n) is 5.95. The predicted octanol–water partition coefficient (Wildman–Crippen LogP) is 1.32. The van der Waals surface area contributed by atoms with Crippen molar-refractivity contribution < 1.29 is 4.52 Å². The molecular formula is C11H17N3O. The molecule has 2 aliphatic rings. The summed E-state index contributed by atoms with van der Waals surface area (Å²) < 4.78 is 5.19. The predicted molar refractivity (Wildman–Crippen MR) is 55.5 cm³/mol. The first kappa shape index (κ1) is 9.33. The van der Waals surface area contributed by atoms with Crippen LogP contribution in [0.25, 0.3) is 0 Å². The minimum Gasteiger partial charge on any atom is -0.339 e. The molecule has 2 saturated carbocycles. The molecule has 1 heterocycles. The molecule has 1 N–H and O–H groups in total. The van der Waals surface area contributed by atoms with E-state index < -0.39 is 0 Å². The summed E-state index contributed by atoms with van der Waals surface area (Å²) >= 11 is 0. The van der Waals surface area contributed by atoms with Gasteiger partial charge in [-0.2, -0.15) is 4.98 Å². The first-order valence-corrected chi connectivity index (χ1v) is 5.95. The average molecular weight is 207 g/mol. The van der Waals surface area contributed by atoms with Crippen molar-refractivity contribution in [3.63, 3.8) is 0 Å². The van der Waals surface area contributed by atoms with Crippen LogP contribution >= 0.6 is 0 Å². The van der Waals surface area contributed by atoms with Gasteiger partial charge in [-0.25, -0.2) is 0 Å². The third-order valence-corrected chi connectivity index (χ3v) is 3.03. The summed E-state index contributed by atoms with van der Waals surface area (Å²) in [5.41, 5.74) is 0. The van der Waals surface area contributed by atoms with E-state index in [1.165, 1.54) is 25.7 Å². The Bertz CT molecular complexity index is 328. The lowest BCUT2D eigenvalue weighted by atomic mass is 10.3. The molecule has 0 unspecified atom stereocenters. The molecule has 0 radical (unpaired) electrons. The van der Waals surface area contributed by atoms with E-state index in [0.717, 1.165) is 43.1 Å². The van der Waals surface area contributed by atoms with Crippen molar-refractivity contribution >= 4 is 0 Å². The average Bonchev–Trinajstić information content (AvgIpc) is 3.10. The van der Waals surface area contributed by atoms with Crippen LogP contribution < -0.4 is 5.32 Å². The van der Waals surface area contributed by atoms with E-state index in [1.54, 1.807) is 0 Å². The molecule has 2 fully saturated rings. The van der Waals surface area contributed by atoms with E-state index in [1.807, 2.05) is 0 Å². The van der Waals surface area contributed by atoms with Crippen LogP contribution in [0.1, 0.15) is 37.4 Å². The molecule has 0 amide bonds. The van der Waals surface area contributed by atoms with Gasteiger partial charge in [-0.15, -0.1) is 0 Å². The first-order chi connectivity index (χ1) is 7.40. The normalized spacial score (nSPS) is 20.8. The summed E-state index contributed by atoms with van der Waals surface area (Å²) in [5.74, 6) is 2.53. The Kier molecular flexibility index (Phi) is 2.44. The SMILES string of the molecule is C(Cc1nc(CC2CC2)no1)NC1CC1. The van der Waals surface area contributed by atoms with Gasteiger partial charge < -0.3 is 9.84 Å². The highest BCUT2D eigenvalue weighted by Gasteiger charge is 2.24. The second-order valence-electron chi connectivity index (χ2n) is 4.73. The third-order valence-electron chi connectivity index (χ3n) is 3.03. The van der Waals surface area contributed by atoms with Gasteiger partial charge in [0.2, 0.25) is 5.89 Å².